The molecule has 0 unspecified atom stereocenters. The lowest BCUT2D eigenvalue weighted by atomic mass is 9.84. The highest BCUT2D eigenvalue weighted by Crippen LogP contribution is 2.32. The summed E-state index contributed by atoms with van der Waals surface area (Å²) in [6.45, 7) is 0. The van der Waals surface area contributed by atoms with Gasteiger partial charge >= 0.3 is 0 Å². The third-order valence-electron chi connectivity index (χ3n) is 3.39. The van der Waals surface area contributed by atoms with Gasteiger partial charge in [0.15, 0.2) is 0 Å². The Balaban J connectivity index is 2.21. The van der Waals surface area contributed by atoms with Crippen molar-refractivity contribution in [3.63, 3.8) is 0 Å². The lowest BCUT2D eigenvalue weighted by Gasteiger charge is -2.27. The largest absolute Gasteiger partial charge is 0.392 e. The molecule has 0 spiro atoms. The summed E-state index contributed by atoms with van der Waals surface area (Å²) in [6.07, 6.45) is 5.95. The third-order valence-corrected chi connectivity index (χ3v) is 3.39. The molecule has 3 heteroatoms. The van der Waals surface area contributed by atoms with E-state index in [0.29, 0.717) is 0 Å². The number of pyridine rings is 1. The van der Waals surface area contributed by atoms with Crippen LogP contribution >= 0.6 is 0 Å². The minimum atomic E-state index is -0.210. The van der Waals surface area contributed by atoms with Crippen molar-refractivity contribution < 1.29 is 5.11 Å². The van der Waals surface area contributed by atoms with Crippen molar-refractivity contribution in [1.29, 1.82) is 0 Å². The number of anilines is 1. The fourth-order valence-electron chi connectivity index (χ4n) is 2.37. The highest BCUT2D eigenvalue weighted by molar-refractivity contribution is 5.45. The predicted octanol–water partition coefficient (Wildman–Crippen LogP) is 2.17. The maximum atomic E-state index is 10.00. The zero-order valence-corrected chi connectivity index (χ0v) is 10.1. The summed E-state index contributed by atoms with van der Waals surface area (Å²) >= 11 is 0. The van der Waals surface area contributed by atoms with E-state index >= 15 is 0 Å². The fourth-order valence-corrected chi connectivity index (χ4v) is 2.37. The Labute approximate surface area is 97.1 Å². The summed E-state index contributed by atoms with van der Waals surface area (Å²) in [4.78, 5) is 6.48. The van der Waals surface area contributed by atoms with Gasteiger partial charge in [0.1, 0.15) is 0 Å². The summed E-state index contributed by atoms with van der Waals surface area (Å²) in [5.41, 5.74) is 2.20. The van der Waals surface area contributed by atoms with Gasteiger partial charge in [-0.15, -0.1) is 0 Å². The highest BCUT2D eigenvalue weighted by Gasteiger charge is 2.25. The van der Waals surface area contributed by atoms with E-state index in [1.165, 1.54) is 6.42 Å². The lowest BCUT2D eigenvalue weighted by molar-refractivity contribution is 0.104. The zero-order chi connectivity index (χ0) is 11.5. The predicted molar refractivity (Wildman–Crippen MR) is 65.8 cm³/mol. The van der Waals surface area contributed by atoms with E-state index in [2.05, 4.69) is 16.0 Å². The Bertz CT molecular complexity index is 352. The first-order valence-corrected chi connectivity index (χ1v) is 6.00. The van der Waals surface area contributed by atoms with E-state index in [0.717, 1.165) is 30.6 Å². The molecule has 0 radical (unpaired) electrons. The van der Waals surface area contributed by atoms with Crippen LogP contribution in [0.2, 0.25) is 0 Å². The van der Waals surface area contributed by atoms with Crippen LogP contribution in [-0.2, 0) is 0 Å². The number of rotatable bonds is 2. The van der Waals surface area contributed by atoms with Gasteiger partial charge in [-0.1, -0.05) is 12.8 Å². The standard InChI is InChI=1S/C13H20N2O/c1-15(2)10-7-8-14-12(9-10)11-5-3-4-6-13(11)16/h7-9,11,13,16H,3-6H2,1-2H3/t11-,13+/m0/s1. The Morgan fingerprint density at radius 3 is 2.75 bits per heavy atom. The van der Waals surface area contributed by atoms with Gasteiger partial charge < -0.3 is 10.0 Å². The minimum Gasteiger partial charge on any atom is -0.392 e. The molecular formula is C13H20N2O. The fraction of sp³-hybridized carbons (Fsp3) is 0.615. The molecule has 1 fully saturated rings. The van der Waals surface area contributed by atoms with Crippen LogP contribution in [0.4, 0.5) is 5.69 Å². The molecular weight excluding hydrogens is 200 g/mol. The Kier molecular flexibility index (Phi) is 3.44. The Morgan fingerprint density at radius 2 is 2.06 bits per heavy atom. The quantitative estimate of drug-likeness (QED) is 0.829. The van der Waals surface area contributed by atoms with Gasteiger partial charge in [0, 0.05) is 37.6 Å². The number of hydrogen-bond acceptors (Lipinski definition) is 3. The molecule has 1 aliphatic carbocycles. The van der Waals surface area contributed by atoms with Crippen molar-refractivity contribution in [1.82, 2.24) is 4.98 Å². The average Bonchev–Trinajstić information content (AvgIpc) is 2.30. The van der Waals surface area contributed by atoms with Gasteiger partial charge in [0.25, 0.3) is 0 Å². The molecule has 1 heterocycles. The molecule has 2 rings (SSSR count). The zero-order valence-electron chi connectivity index (χ0n) is 10.1. The summed E-state index contributed by atoms with van der Waals surface area (Å²) in [6, 6.07) is 4.10. The number of nitrogens with zero attached hydrogens (tertiary/aromatic N) is 2. The van der Waals surface area contributed by atoms with Crippen LogP contribution in [0.3, 0.4) is 0 Å². The first kappa shape index (κ1) is 11.4. The molecule has 1 aromatic heterocycles. The van der Waals surface area contributed by atoms with Crippen LogP contribution in [0.25, 0.3) is 0 Å². The highest BCUT2D eigenvalue weighted by atomic mass is 16.3. The van der Waals surface area contributed by atoms with Gasteiger partial charge in [-0.25, -0.2) is 0 Å². The van der Waals surface area contributed by atoms with Crippen molar-refractivity contribution >= 4 is 5.69 Å². The van der Waals surface area contributed by atoms with Crippen LogP contribution in [0, 0.1) is 0 Å². The Morgan fingerprint density at radius 1 is 1.31 bits per heavy atom. The summed E-state index contributed by atoms with van der Waals surface area (Å²) in [5.74, 6) is 0.230. The number of aromatic nitrogens is 1. The van der Waals surface area contributed by atoms with Crippen LogP contribution in [0.5, 0.6) is 0 Å². The van der Waals surface area contributed by atoms with Crippen molar-refractivity contribution in [2.75, 3.05) is 19.0 Å². The van der Waals surface area contributed by atoms with Crippen LogP contribution in [0.15, 0.2) is 18.3 Å². The Hall–Kier alpha value is -1.09. The summed E-state index contributed by atoms with van der Waals surface area (Å²) < 4.78 is 0. The number of hydrogen-bond donors (Lipinski definition) is 1. The molecule has 16 heavy (non-hydrogen) atoms. The van der Waals surface area contributed by atoms with Crippen molar-refractivity contribution in [3.8, 4) is 0 Å². The molecule has 1 N–H and O–H groups in total. The van der Waals surface area contributed by atoms with Crippen molar-refractivity contribution in [2.24, 2.45) is 0 Å². The van der Waals surface area contributed by atoms with E-state index in [9.17, 15) is 5.11 Å². The molecule has 0 aromatic carbocycles. The molecule has 0 bridgehead atoms. The maximum absolute atomic E-state index is 10.00. The molecule has 2 atom stereocenters. The smallest absolute Gasteiger partial charge is 0.0623 e. The van der Waals surface area contributed by atoms with Gasteiger partial charge in [0.05, 0.1) is 6.10 Å². The molecule has 1 aromatic rings. The van der Waals surface area contributed by atoms with Gasteiger partial charge in [-0.2, -0.15) is 0 Å². The first-order valence-electron chi connectivity index (χ1n) is 6.00. The van der Waals surface area contributed by atoms with E-state index < -0.39 is 0 Å². The van der Waals surface area contributed by atoms with Crippen LogP contribution < -0.4 is 4.90 Å². The van der Waals surface area contributed by atoms with Gasteiger partial charge in [-0.05, 0) is 25.0 Å². The van der Waals surface area contributed by atoms with Gasteiger partial charge in [0.2, 0.25) is 0 Å². The van der Waals surface area contributed by atoms with Crippen LogP contribution in [0.1, 0.15) is 37.3 Å². The summed E-state index contributed by atoms with van der Waals surface area (Å²) in [7, 11) is 4.05. The second kappa shape index (κ2) is 4.83. The summed E-state index contributed by atoms with van der Waals surface area (Å²) in [5, 5.41) is 10.00. The molecule has 0 aliphatic heterocycles. The molecule has 0 amide bonds. The molecule has 3 nitrogen and oxygen atoms in total. The van der Waals surface area contributed by atoms with E-state index in [4.69, 9.17) is 0 Å². The number of aliphatic hydroxyl groups excluding tert-OH is 1. The molecule has 88 valence electrons. The minimum absolute atomic E-state index is 0.210. The van der Waals surface area contributed by atoms with E-state index in [1.54, 1.807) is 0 Å². The lowest BCUT2D eigenvalue weighted by Crippen LogP contribution is -2.23. The second-order valence-electron chi connectivity index (χ2n) is 4.79. The van der Waals surface area contributed by atoms with Crippen LogP contribution in [-0.4, -0.2) is 30.3 Å². The second-order valence-corrected chi connectivity index (χ2v) is 4.79. The normalized spacial score (nSPS) is 25.4. The van der Waals surface area contributed by atoms with E-state index in [1.807, 2.05) is 26.4 Å². The van der Waals surface area contributed by atoms with E-state index in [-0.39, 0.29) is 12.0 Å². The molecule has 1 saturated carbocycles. The maximum Gasteiger partial charge on any atom is 0.0623 e. The molecule has 0 saturated heterocycles. The third kappa shape index (κ3) is 2.35. The van der Waals surface area contributed by atoms with Gasteiger partial charge in [-0.3, -0.25) is 4.98 Å². The van der Waals surface area contributed by atoms with Crippen molar-refractivity contribution in [3.05, 3.63) is 24.0 Å². The number of aliphatic hydroxyl groups is 1. The average molecular weight is 220 g/mol. The molecule has 1 aliphatic rings. The first-order chi connectivity index (χ1) is 7.68. The van der Waals surface area contributed by atoms with Crippen molar-refractivity contribution in [2.45, 2.75) is 37.7 Å². The SMILES string of the molecule is CN(C)c1ccnc([C@@H]2CCCC[C@H]2O)c1. The topological polar surface area (TPSA) is 36.4 Å². The monoisotopic (exact) mass is 220 g/mol.